The smallest absolute Gasteiger partial charge is 0.0594 e. The van der Waals surface area contributed by atoms with Crippen molar-refractivity contribution in [3.8, 4) is 0 Å². The molecule has 0 spiro atoms. The van der Waals surface area contributed by atoms with E-state index < -0.39 is 0 Å². The number of hydrogen-bond acceptors (Lipinski definition) is 4. The van der Waals surface area contributed by atoms with Gasteiger partial charge in [0.15, 0.2) is 0 Å². The van der Waals surface area contributed by atoms with Crippen molar-refractivity contribution >= 4 is 0 Å². The maximum absolute atomic E-state index is 10.1. The standard InChI is InChI=1S/C15H28N2O2/c18-15-5-1-3-13(15)14-4-2-6-17(14)8-7-16-9-11-19-12-10-16/h13-15,18H,1-12H2. The minimum absolute atomic E-state index is 0.0333. The summed E-state index contributed by atoms with van der Waals surface area (Å²) in [5.74, 6) is 0.548. The molecule has 4 nitrogen and oxygen atoms in total. The van der Waals surface area contributed by atoms with Gasteiger partial charge in [0.1, 0.15) is 0 Å². The molecule has 3 rings (SSSR count). The molecule has 0 aromatic rings. The maximum atomic E-state index is 10.1. The number of likely N-dealkylation sites (tertiary alicyclic amines) is 1. The summed E-state index contributed by atoms with van der Waals surface area (Å²) in [4.78, 5) is 5.17. The molecule has 0 amide bonds. The average molecular weight is 268 g/mol. The van der Waals surface area contributed by atoms with Gasteiger partial charge in [0.25, 0.3) is 0 Å². The third kappa shape index (κ3) is 3.30. The van der Waals surface area contributed by atoms with E-state index in [0.717, 1.165) is 32.7 Å². The van der Waals surface area contributed by atoms with Gasteiger partial charge >= 0.3 is 0 Å². The van der Waals surface area contributed by atoms with Crippen LogP contribution in [0.1, 0.15) is 32.1 Å². The average Bonchev–Trinajstić information content (AvgIpc) is 3.05. The second-order valence-corrected chi connectivity index (χ2v) is 6.36. The van der Waals surface area contributed by atoms with Gasteiger partial charge in [0.2, 0.25) is 0 Å². The van der Waals surface area contributed by atoms with Gasteiger partial charge in [0.05, 0.1) is 19.3 Å². The number of morpholine rings is 1. The molecule has 19 heavy (non-hydrogen) atoms. The molecule has 0 bridgehead atoms. The molecule has 1 N–H and O–H groups in total. The summed E-state index contributed by atoms with van der Waals surface area (Å²) in [5, 5.41) is 10.1. The van der Waals surface area contributed by atoms with Gasteiger partial charge in [-0.15, -0.1) is 0 Å². The van der Waals surface area contributed by atoms with Crippen LogP contribution in [-0.2, 0) is 4.74 Å². The summed E-state index contributed by atoms with van der Waals surface area (Å²) < 4.78 is 5.40. The number of hydrogen-bond donors (Lipinski definition) is 1. The molecule has 0 aromatic heterocycles. The van der Waals surface area contributed by atoms with Gasteiger partial charge in [-0.1, -0.05) is 6.42 Å². The first kappa shape index (κ1) is 13.8. The second-order valence-electron chi connectivity index (χ2n) is 6.36. The third-order valence-electron chi connectivity index (χ3n) is 5.25. The first-order valence-electron chi connectivity index (χ1n) is 8.07. The quantitative estimate of drug-likeness (QED) is 0.823. The lowest BCUT2D eigenvalue weighted by molar-refractivity contribution is 0.0269. The van der Waals surface area contributed by atoms with Gasteiger partial charge in [-0.25, -0.2) is 0 Å². The van der Waals surface area contributed by atoms with Crippen molar-refractivity contribution in [3.63, 3.8) is 0 Å². The van der Waals surface area contributed by atoms with E-state index in [1.165, 1.54) is 45.3 Å². The number of aliphatic hydroxyl groups excluding tert-OH is 1. The first-order valence-corrected chi connectivity index (χ1v) is 8.07. The van der Waals surface area contributed by atoms with Crippen LogP contribution in [0.5, 0.6) is 0 Å². The number of ether oxygens (including phenoxy) is 1. The molecule has 4 heteroatoms. The molecule has 3 atom stereocenters. The summed E-state index contributed by atoms with van der Waals surface area (Å²) in [6, 6.07) is 0.651. The molecule has 110 valence electrons. The highest BCUT2D eigenvalue weighted by Gasteiger charge is 2.37. The van der Waals surface area contributed by atoms with Gasteiger partial charge in [0, 0.05) is 38.1 Å². The van der Waals surface area contributed by atoms with E-state index in [9.17, 15) is 5.11 Å². The Kier molecular flexibility index (Phi) is 4.74. The maximum Gasteiger partial charge on any atom is 0.0594 e. The SMILES string of the molecule is OC1CCCC1C1CCCN1CCN1CCOCC1. The van der Waals surface area contributed by atoms with Crippen LogP contribution in [0.4, 0.5) is 0 Å². The minimum Gasteiger partial charge on any atom is -0.393 e. The molecule has 2 heterocycles. The van der Waals surface area contributed by atoms with Crippen molar-refractivity contribution in [1.29, 1.82) is 0 Å². The van der Waals surface area contributed by atoms with Gasteiger partial charge < -0.3 is 9.84 Å². The van der Waals surface area contributed by atoms with Crippen LogP contribution in [0, 0.1) is 5.92 Å². The summed E-state index contributed by atoms with van der Waals surface area (Å²) in [5.41, 5.74) is 0. The number of aliphatic hydroxyl groups is 1. The summed E-state index contributed by atoms with van der Waals surface area (Å²) in [7, 11) is 0. The highest BCUT2D eigenvalue weighted by molar-refractivity contribution is 4.91. The minimum atomic E-state index is -0.0333. The summed E-state index contributed by atoms with van der Waals surface area (Å²) in [6.07, 6.45) is 6.06. The molecule has 3 unspecified atom stereocenters. The van der Waals surface area contributed by atoms with E-state index in [2.05, 4.69) is 9.80 Å². The molecule has 3 fully saturated rings. The Morgan fingerprint density at radius 3 is 2.53 bits per heavy atom. The lowest BCUT2D eigenvalue weighted by atomic mass is 9.94. The molecule has 1 saturated carbocycles. The lowest BCUT2D eigenvalue weighted by Gasteiger charge is -2.34. The normalized spacial score (nSPS) is 38.1. The Bertz CT molecular complexity index is 281. The first-order chi connectivity index (χ1) is 9.34. The van der Waals surface area contributed by atoms with Crippen LogP contribution in [-0.4, -0.2) is 73.0 Å². The van der Waals surface area contributed by atoms with Crippen molar-refractivity contribution in [2.75, 3.05) is 45.9 Å². The summed E-state index contributed by atoms with van der Waals surface area (Å²) in [6.45, 7) is 7.54. The van der Waals surface area contributed by atoms with Crippen molar-refractivity contribution in [2.45, 2.75) is 44.2 Å². The summed E-state index contributed by atoms with van der Waals surface area (Å²) >= 11 is 0. The Labute approximate surface area is 116 Å². The Hall–Kier alpha value is -0.160. The van der Waals surface area contributed by atoms with Crippen LogP contribution in [0.3, 0.4) is 0 Å². The van der Waals surface area contributed by atoms with Crippen molar-refractivity contribution in [1.82, 2.24) is 9.80 Å². The molecule has 0 aromatic carbocycles. The van der Waals surface area contributed by atoms with E-state index in [1.54, 1.807) is 0 Å². The lowest BCUT2D eigenvalue weighted by Crippen LogP contribution is -2.45. The van der Waals surface area contributed by atoms with Crippen LogP contribution >= 0.6 is 0 Å². The van der Waals surface area contributed by atoms with Crippen molar-refractivity contribution in [2.24, 2.45) is 5.92 Å². The largest absolute Gasteiger partial charge is 0.393 e. The zero-order valence-electron chi connectivity index (χ0n) is 12.0. The molecule has 2 aliphatic heterocycles. The van der Waals surface area contributed by atoms with Crippen molar-refractivity contribution in [3.05, 3.63) is 0 Å². The van der Waals surface area contributed by atoms with Crippen LogP contribution in [0.15, 0.2) is 0 Å². The fraction of sp³-hybridized carbons (Fsp3) is 1.00. The predicted octanol–water partition coefficient (Wildman–Crippen LogP) is 0.944. The van der Waals surface area contributed by atoms with Crippen LogP contribution in [0.2, 0.25) is 0 Å². The Balaban J connectivity index is 1.48. The van der Waals surface area contributed by atoms with Crippen LogP contribution < -0.4 is 0 Å². The highest BCUT2D eigenvalue weighted by Crippen LogP contribution is 2.35. The fourth-order valence-electron chi connectivity index (χ4n) is 4.13. The number of nitrogens with zero attached hydrogens (tertiary/aromatic N) is 2. The molecule has 0 radical (unpaired) electrons. The second kappa shape index (κ2) is 6.53. The Morgan fingerprint density at radius 2 is 1.79 bits per heavy atom. The van der Waals surface area contributed by atoms with Gasteiger partial charge in [-0.3, -0.25) is 9.80 Å². The van der Waals surface area contributed by atoms with Crippen LogP contribution in [0.25, 0.3) is 0 Å². The zero-order chi connectivity index (χ0) is 13.1. The molecular weight excluding hydrogens is 240 g/mol. The molecule has 3 aliphatic rings. The van der Waals surface area contributed by atoms with Gasteiger partial charge in [-0.2, -0.15) is 0 Å². The predicted molar refractivity (Wildman–Crippen MR) is 75.2 cm³/mol. The molecular formula is C15H28N2O2. The zero-order valence-corrected chi connectivity index (χ0v) is 12.0. The topological polar surface area (TPSA) is 35.9 Å². The third-order valence-corrected chi connectivity index (χ3v) is 5.25. The molecule has 2 saturated heterocycles. The number of rotatable bonds is 4. The van der Waals surface area contributed by atoms with E-state index in [1.807, 2.05) is 0 Å². The van der Waals surface area contributed by atoms with Gasteiger partial charge in [-0.05, 0) is 32.2 Å². The molecule has 1 aliphatic carbocycles. The van der Waals surface area contributed by atoms with E-state index >= 15 is 0 Å². The van der Waals surface area contributed by atoms with Crippen molar-refractivity contribution < 1.29 is 9.84 Å². The highest BCUT2D eigenvalue weighted by atomic mass is 16.5. The van der Waals surface area contributed by atoms with E-state index in [0.29, 0.717) is 12.0 Å². The van der Waals surface area contributed by atoms with E-state index in [-0.39, 0.29) is 6.10 Å². The van der Waals surface area contributed by atoms with E-state index in [4.69, 9.17) is 4.74 Å². The monoisotopic (exact) mass is 268 g/mol. The fourth-order valence-corrected chi connectivity index (χ4v) is 4.13. The Morgan fingerprint density at radius 1 is 0.947 bits per heavy atom.